The zero-order valence-electron chi connectivity index (χ0n) is 19.2. The minimum absolute atomic E-state index is 0.00888. The molecule has 2 N–H and O–H groups in total. The Balaban J connectivity index is 1.45. The lowest BCUT2D eigenvalue weighted by Crippen LogP contribution is -2.30. The standard InChI is InChI=1S/C27H31N3O3/c1-3-30(4-2)27(32)22-13-15-23(16-14-22)29-26(31)20-28-24-11-8-12-25(19-24)33-18-17-21-9-6-5-7-10-21/h5-16,19,28H,3-4,17-18,20H2,1-2H3,(H,29,31). The highest BCUT2D eigenvalue weighted by Crippen LogP contribution is 2.18. The van der Waals surface area contributed by atoms with Crippen molar-refractivity contribution in [2.75, 3.05) is 36.9 Å². The fourth-order valence-electron chi connectivity index (χ4n) is 3.40. The lowest BCUT2D eigenvalue weighted by molar-refractivity contribution is -0.114. The van der Waals surface area contributed by atoms with Crippen molar-refractivity contribution >= 4 is 23.2 Å². The van der Waals surface area contributed by atoms with Crippen LogP contribution in [0.1, 0.15) is 29.8 Å². The van der Waals surface area contributed by atoms with Gasteiger partial charge in [-0.15, -0.1) is 0 Å². The van der Waals surface area contributed by atoms with Crippen LogP contribution in [0.4, 0.5) is 11.4 Å². The van der Waals surface area contributed by atoms with Gasteiger partial charge in [0.15, 0.2) is 0 Å². The van der Waals surface area contributed by atoms with Gasteiger partial charge in [-0.3, -0.25) is 9.59 Å². The normalized spacial score (nSPS) is 10.4. The van der Waals surface area contributed by atoms with E-state index in [4.69, 9.17) is 4.74 Å². The highest BCUT2D eigenvalue weighted by atomic mass is 16.5. The summed E-state index contributed by atoms with van der Waals surface area (Å²) in [5, 5.41) is 5.97. The summed E-state index contributed by atoms with van der Waals surface area (Å²) < 4.78 is 5.84. The Kier molecular flexibility index (Phi) is 8.88. The SMILES string of the molecule is CCN(CC)C(=O)c1ccc(NC(=O)CNc2cccc(OCCc3ccccc3)c2)cc1. The Labute approximate surface area is 195 Å². The number of nitrogens with zero attached hydrogens (tertiary/aromatic N) is 1. The smallest absolute Gasteiger partial charge is 0.253 e. The Morgan fingerprint density at radius 2 is 1.58 bits per heavy atom. The topological polar surface area (TPSA) is 70.7 Å². The van der Waals surface area contributed by atoms with Gasteiger partial charge in [0, 0.05) is 42.5 Å². The molecule has 3 rings (SSSR count). The van der Waals surface area contributed by atoms with Gasteiger partial charge in [-0.05, 0) is 55.8 Å². The van der Waals surface area contributed by atoms with Gasteiger partial charge >= 0.3 is 0 Å². The average molecular weight is 446 g/mol. The number of carbonyl (C=O) groups is 2. The average Bonchev–Trinajstić information content (AvgIpc) is 2.85. The van der Waals surface area contributed by atoms with Gasteiger partial charge in [0.1, 0.15) is 5.75 Å². The summed E-state index contributed by atoms with van der Waals surface area (Å²) in [6.07, 6.45) is 0.834. The predicted molar refractivity (Wildman–Crippen MR) is 133 cm³/mol. The lowest BCUT2D eigenvalue weighted by atomic mass is 10.1. The third-order valence-electron chi connectivity index (χ3n) is 5.26. The van der Waals surface area contributed by atoms with Crippen LogP contribution in [0.2, 0.25) is 0 Å². The summed E-state index contributed by atoms with van der Waals surface area (Å²) in [7, 11) is 0. The second-order valence-corrected chi connectivity index (χ2v) is 7.57. The Hall–Kier alpha value is -3.80. The van der Waals surface area contributed by atoms with Gasteiger partial charge in [-0.2, -0.15) is 0 Å². The van der Waals surface area contributed by atoms with Crippen LogP contribution in [-0.2, 0) is 11.2 Å². The Bertz CT molecular complexity index is 1030. The molecule has 6 nitrogen and oxygen atoms in total. The summed E-state index contributed by atoms with van der Waals surface area (Å²) in [5.41, 5.74) is 3.30. The molecule has 0 aromatic heterocycles. The third kappa shape index (κ3) is 7.38. The lowest BCUT2D eigenvalue weighted by Gasteiger charge is -2.18. The maximum atomic E-state index is 12.4. The molecular formula is C27H31N3O3. The number of hydrogen-bond acceptors (Lipinski definition) is 4. The zero-order chi connectivity index (χ0) is 23.5. The first-order valence-electron chi connectivity index (χ1n) is 11.3. The highest BCUT2D eigenvalue weighted by Gasteiger charge is 2.12. The summed E-state index contributed by atoms with van der Waals surface area (Å²) in [5.74, 6) is 0.573. The molecule has 2 amide bonds. The van der Waals surface area contributed by atoms with Crippen molar-refractivity contribution in [1.82, 2.24) is 4.90 Å². The number of rotatable bonds is 11. The summed E-state index contributed by atoms with van der Waals surface area (Å²) >= 11 is 0. The Morgan fingerprint density at radius 3 is 2.27 bits per heavy atom. The van der Waals surface area contributed by atoms with Gasteiger partial charge in [-0.1, -0.05) is 36.4 Å². The Morgan fingerprint density at radius 1 is 0.848 bits per heavy atom. The van der Waals surface area contributed by atoms with Crippen LogP contribution in [0.3, 0.4) is 0 Å². The molecule has 0 spiro atoms. The molecule has 0 aliphatic carbocycles. The predicted octanol–water partition coefficient (Wildman–Crippen LogP) is 4.84. The molecule has 0 atom stereocenters. The van der Waals surface area contributed by atoms with Gasteiger partial charge in [0.2, 0.25) is 5.91 Å². The highest BCUT2D eigenvalue weighted by molar-refractivity contribution is 5.96. The minimum Gasteiger partial charge on any atom is -0.493 e. The molecule has 0 saturated heterocycles. The van der Waals surface area contributed by atoms with E-state index in [0.717, 1.165) is 17.9 Å². The van der Waals surface area contributed by atoms with Crippen LogP contribution in [0, 0.1) is 0 Å². The number of benzene rings is 3. The first-order chi connectivity index (χ1) is 16.1. The first kappa shape index (κ1) is 23.9. The quantitative estimate of drug-likeness (QED) is 0.443. The van der Waals surface area contributed by atoms with Crippen molar-refractivity contribution in [3.63, 3.8) is 0 Å². The van der Waals surface area contributed by atoms with Crippen molar-refractivity contribution in [3.8, 4) is 5.75 Å². The fraction of sp³-hybridized carbons (Fsp3) is 0.259. The number of amides is 2. The third-order valence-corrected chi connectivity index (χ3v) is 5.26. The molecule has 0 aliphatic rings. The molecule has 3 aromatic rings. The largest absolute Gasteiger partial charge is 0.493 e. The van der Waals surface area contributed by atoms with E-state index >= 15 is 0 Å². The van der Waals surface area contributed by atoms with E-state index in [2.05, 4.69) is 22.8 Å². The molecule has 0 unspecified atom stereocenters. The van der Waals surface area contributed by atoms with Crippen molar-refractivity contribution < 1.29 is 14.3 Å². The first-order valence-corrected chi connectivity index (χ1v) is 11.3. The molecule has 0 heterocycles. The summed E-state index contributed by atoms with van der Waals surface area (Å²) in [4.78, 5) is 26.5. The molecule has 0 aliphatic heterocycles. The van der Waals surface area contributed by atoms with Crippen molar-refractivity contribution in [1.29, 1.82) is 0 Å². The van der Waals surface area contributed by atoms with Crippen LogP contribution in [0.5, 0.6) is 5.75 Å². The molecule has 33 heavy (non-hydrogen) atoms. The zero-order valence-corrected chi connectivity index (χ0v) is 19.2. The molecule has 0 fully saturated rings. The van der Waals surface area contributed by atoms with E-state index in [1.165, 1.54) is 5.56 Å². The van der Waals surface area contributed by atoms with Crippen molar-refractivity contribution in [2.45, 2.75) is 20.3 Å². The molecule has 3 aromatic carbocycles. The molecule has 0 bridgehead atoms. The van der Waals surface area contributed by atoms with Gasteiger partial charge in [0.25, 0.3) is 5.91 Å². The van der Waals surface area contributed by atoms with E-state index in [-0.39, 0.29) is 18.4 Å². The molecular weight excluding hydrogens is 414 g/mol. The minimum atomic E-state index is -0.173. The number of hydrogen-bond donors (Lipinski definition) is 2. The number of nitrogens with one attached hydrogen (secondary N) is 2. The van der Waals surface area contributed by atoms with Gasteiger partial charge in [0.05, 0.1) is 13.2 Å². The van der Waals surface area contributed by atoms with E-state index in [1.54, 1.807) is 29.2 Å². The fourth-order valence-corrected chi connectivity index (χ4v) is 3.40. The maximum Gasteiger partial charge on any atom is 0.253 e. The summed E-state index contributed by atoms with van der Waals surface area (Å²) in [6, 6.07) is 24.7. The van der Waals surface area contributed by atoms with Crippen molar-refractivity contribution in [3.05, 3.63) is 90.0 Å². The van der Waals surface area contributed by atoms with Crippen LogP contribution < -0.4 is 15.4 Å². The van der Waals surface area contributed by atoms with Crippen molar-refractivity contribution in [2.24, 2.45) is 0 Å². The second-order valence-electron chi connectivity index (χ2n) is 7.57. The molecule has 172 valence electrons. The molecule has 0 saturated carbocycles. The maximum absolute atomic E-state index is 12.4. The number of ether oxygens (including phenoxy) is 1. The van der Waals surface area contributed by atoms with E-state index in [1.807, 2.05) is 56.3 Å². The van der Waals surface area contributed by atoms with Crippen LogP contribution in [0.15, 0.2) is 78.9 Å². The van der Waals surface area contributed by atoms with E-state index in [9.17, 15) is 9.59 Å². The molecule has 6 heteroatoms. The second kappa shape index (κ2) is 12.3. The van der Waals surface area contributed by atoms with E-state index < -0.39 is 0 Å². The van der Waals surface area contributed by atoms with Crippen LogP contribution >= 0.6 is 0 Å². The molecule has 0 radical (unpaired) electrons. The van der Waals surface area contributed by atoms with Gasteiger partial charge in [-0.25, -0.2) is 0 Å². The summed E-state index contributed by atoms with van der Waals surface area (Å²) in [6.45, 7) is 5.94. The van der Waals surface area contributed by atoms with E-state index in [0.29, 0.717) is 30.9 Å². The number of anilines is 2. The van der Waals surface area contributed by atoms with Gasteiger partial charge < -0.3 is 20.3 Å². The van der Waals surface area contributed by atoms with Crippen LogP contribution in [-0.4, -0.2) is 43.0 Å². The number of carbonyl (C=O) groups excluding carboxylic acids is 2. The van der Waals surface area contributed by atoms with Crippen LogP contribution in [0.25, 0.3) is 0 Å². The monoisotopic (exact) mass is 445 g/mol.